The molecule has 3 unspecified atom stereocenters. The molecule has 0 saturated heterocycles. The number of carbonyl (C=O) groups is 1. The first-order chi connectivity index (χ1) is 12.9. The predicted octanol–water partition coefficient (Wildman–Crippen LogP) is 7.69. The average Bonchev–Trinajstić information content (AvgIpc) is 3.47. The predicted molar refractivity (Wildman–Crippen MR) is 121 cm³/mol. The third kappa shape index (κ3) is 7.95. The Morgan fingerprint density at radius 3 is 2.37 bits per heavy atom. The van der Waals surface area contributed by atoms with Crippen molar-refractivity contribution < 1.29 is 4.79 Å². The summed E-state index contributed by atoms with van der Waals surface area (Å²) in [7, 11) is 0. The molecule has 0 amide bonds. The van der Waals surface area contributed by atoms with Crippen molar-refractivity contribution in [3.05, 3.63) is 11.6 Å². The van der Waals surface area contributed by atoms with Crippen molar-refractivity contribution in [2.75, 3.05) is 6.26 Å². The van der Waals surface area contributed by atoms with Crippen molar-refractivity contribution in [1.82, 2.24) is 0 Å². The molecule has 0 N–H and O–H groups in total. The largest absolute Gasteiger partial charge is 0.303 e. The lowest BCUT2D eigenvalue weighted by Crippen LogP contribution is -2.24. The van der Waals surface area contributed by atoms with Crippen LogP contribution in [0.2, 0.25) is 0 Å². The second-order valence-electron chi connectivity index (χ2n) is 10.2. The molecule has 2 rings (SSSR count). The molecule has 0 heterocycles. The highest BCUT2D eigenvalue weighted by molar-refractivity contribution is 7.99. The number of allylic oxidation sites excluding steroid dienone is 1. The van der Waals surface area contributed by atoms with Crippen molar-refractivity contribution in [1.29, 1.82) is 0 Å². The summed E-state index contributed by atoms with van der Waals surface area (Å²) in [5.41, 5.74) is 2.02. The van der Waals surface area contributed by atoms with Crippen molar-refractivity contribution >= 4 is 18.0 Å². The zero-order valence-corrected chi connectivity index (χ0v) is 19.5. The van der Waals surface area contributed by atoms with E-state index in [2.05, 4.69) is 40.0 Å². The number of hydrogen-bond donors (Lipinski definition) is 0. The smallest absolute Gasteiger partial charge is 0.121 e. The lowest BCUT2D eigenvalue weighted by molar-refractivity contribution is -0.107. The molecule has 2 fully saturated rings. The molecule has 0 aromatic rings. The first-order valence-corrected chi connectivity index (χ1v) is 12.8. The van der Waals surface area contributed by atoms with Gasteiger partial charge in [-0.1, -0.05) is 45.3 Å². The van der Waals surface area contributed by atoms with Gasteiger partial charge in [0, 0.05) is 11.7 Å². The molecular formula is C25H44OS. The van der Waals surface area contributed by atoms with Gasteiger partial charge in [-0.15, -0.1) is 0 Å². The van der Waals surface area contributed by atoms with E-state index in [0.29, 0.717) is 23.0 Å². The minimum atomic E-state index is 0.373. The molecule has 1 nitrogen and oxygen atoms in total. The zero-order valence-electron chi connectivity index (χ0n) is 18.6. The summed E-state index contributed by atoms with van der Waals surface area (Å²) in [5, 5.41) is 0.373. The summed E-state index contributed by atoms with van der Waals surface area (Å²) < 4.78 is 0. The van der Waals surface area contributed by atoms with Crippen molar-refractivity contribution in [3.8, 4) is 0 Å². The van der Waals surface area contributed by atoms with E-state index in [4.69, 9.17) is 0 Å². The SMILES string of the molecule is CSC(CC=O)/C(C)=C/C(C)CCC(CCC1(C)CCC(C)CC1)C1CC1. The van der Waals surface area contributed by atoms with E-state index < -0.39 is 0 Å². The van der Waals surface area contributed by atoms with E-state index in [0.717, 1.165) is 24.0 Å². The molecule has 2 heteroatoms. The summed E-state index contributed by atoms with van der Waals surface area (Å²) in [5.74, 6) is 3.59. The Balaban J connectivity index is 1.79. The number of rotatable bonds is 12. The first-order valence-electron chi connectivity index (χ1n) is 11.5. The summed E-state index contributed by atoms with van der Waals surface area (Å²) in [6.45, 7) is 9.58. The molecule has 2 aliphatic carbocycles. The molecule has 0 aromatic carbocycles. The Labute approximate surface area is 173 Å². The molecule has 0 aliphatic heterocycles. The fourth-order valence-electron chi connectivity index (χ4n) is 5.10. The van der Waals surface area contributed by atoms with E-state index >= 15 is 0 Å². The Morgan fingerprint density at radius 1 is 1.15 bits per heavy atom. The molecule has 27 heavy (non-hydrogen) atoms. The molecular weight excluding hydrogens is 348 g/mol. The first kappa shape index (κ1) is 23.0. The third-order valence-corrected chi connectivity index (χ3v) is 8.66. The van der Waals surface area contributed by atoms with Crippen LogP contribution >= 0.6 is 11.8 Å². The van der Waals surface area contributed by atoms with Crippen LogP contribution in [-0.4, -0.2) is 17.8 Å². The fraction of sp³-hybridized carbons (Fsp3) is 0.880. The van der Waals surface area contributed by atoms with Crippen LogP contribution in [0.25, 0.3) is 0 Å². The van der Waals surface area contributed by atoms with Crippen LogP contribution in [0, 0.1) is 29.1 Å². The monoisotopic (exact) mass is 392 g/mol. The molecule has 2 aliphatic rings. The normalized spacial score (nSPS) is 30.0. The van der Waals surface area contributed by atoms with Gasteiger partial charge in [-0.3, -0.25) is 0 Å². The van der Waals surface area contributed by atoms with Crippen molar-refractivity contribution in [3.63, 3.8) is 0 Å². The van der Waals surface area contributed by atoms with Crippen LogP contribution in [0.1, 0.15) is 98.3 Å². The van der Waals surface area contributed by atoms with Crippen LogP contribution in [-0.2, 0) is 4.79 Å². The van der Waals surface area contributed by atoms with Gasteiger partial charge in [0.15, 0.2) is 0 Å². The summed E-state index contributed by atoms with van der Waals surface area (Å²) in [6, 6.07) is 0. The number of hydrogen-bond acceptors (Lipinski definition) is 2. The zero-order chi connectivity index (χ0) is 19.9. The third-order valence-electron chi connectivity index (χ3n) is 7.53. The maximum atomic E-state index is 10.9. The Morgan fingerprint density at radius 2 is 1.81 bits per heavy atom. The van der Waals surface area contributed by atoms with Crippen LogP contribution in [0.15, 0.2) is 11.6 Å². The minimum absolute atomic E-state index is 0.373. The molecule has 0 radical (unpaired) electrons. The number of carbonyl (C=O) groups excluding carboxylic acids is 1. The quantitative estimate of drug-likeness (QED) is 0.250. The second kappa shape index (κ2) is 11.1. The number of aldehydes is 1. The lowest BCUT2D eigenvalue weighted by atomic mass is 9.68. The van der Waals surface area contributed by atoms with Crippen molar-refractivity contribution in [2.24, 2.45) is 29.1 Å². The average molecular weight is 393 g/mol. The van der Waals surface area contributed by atoms with E-state index in [-0.39, 0.29) is 0 Å². The highest BCUT2D eigenvalue weighted by atomic mass is 32.2. The summed E-state index contributed by atoms with van der Waals surface area (Å²) in [4.78, 5) is 10.9. The molecule has 156 valence electrons. The van der Waals surface area contributed by atoms with Crippen LogP contribution in [0.5, 0.6) is 0 Å². The topological polar surface area (TPSA) is 17.1 Å². The van der Waals surface area contributed by atoms with Gasteiger partial charge in [-0.05, 0) is 93.6 Å². The van der Waals surface area contributed by atoms with Gasteiger partial charge in [-0.25, -0.2) is 0 Å². The Kier molecular flexibility index (Phi) is 9.45. The number of thioether (sulfide) groups is 1. The molecule has 0 bridgehead atoms. The second-order valence-corrected chi connectivity index (χ2v) is 11.3. The van der Waals surface area contributed by atoms with Crippen LogP contribution < -0.4 is 0 Å². The molecule has 3 atom stereocenters. The van der Waals surface area contributed by atoms with Crippen molar-refractivity contribution in [2.45, 2.75) is 104 Å². The van der Waals surface area contributed by atoms with Gasteiger partial charge in [0.25, 0.3) is 0 Å². The Hall–Kier alpha value is -0.240. The maximum absolute atomic E-state index is 10.9. The lowest BCUT2D eigenvalue weighted by Gasteiger charge is -2.37. The van der Waals surface area contributed by atoms with Gasteiger partial charge < -0.3 is 4.79 Å². The fourth-order valence-corrected chi connectivity index (χ4v) is 5.82. The highest BCUT2D eigenvalue weighted by Crippen LogP contribution is 2.47. The minimum Gasteiger partial charge on any atom is -0.303 e. The van der Waals surface area contributed by atoms with Crippen LogP contribution in [0.4, 0.5) is 0 Å². The van der Waals surface area contributed by atoms with Gasteiger partial charge in [0.2, 0.25) is 0 Å². The summed E-state index contributed by atoms with van der Waals surface area (Å²) >= 11 is 1.81. The molecule has 2 saturated carbocycles. The van der Waals surface area contributed by atoms with Gasteiger partial charge in [-0.2, -0.15) is 11.8 Å². The van der Waals surface area contributed by atoms with Gasteiger partial charge in [0.05, 0.1) is 0 Å². The highest BCUT2D eigenvalue weighted by Gasteiger charge is 2.34. The van der Waals surface area contributed by atoms with Gasteiger partial charge >= 0.3 is 0 Å². The maximum Gasteiger partial charge on any atom is 0.121 e. The van der Waals surface area contributed by atoms with Crippen LogP contribution in [0.3, 0.4) is 0 Å². The standard InChI is InChI=1S/C25H44OS/c1-19-10-14-25(4,15-11-19)16-12-23(22-8-9-22)7-6-20(2)18-21(3)24(27-5)13-17-26/h17-20,22-24H,6-16H2,1-5H3/b21-18+. The van der Waals surface area contributed by atoms with Gasteiger partial charge in [0.1, 0.15) is 6.29 Å². The molecule has 0 aromatic heterocycles. The van der Waals surface area contributed by atoms with E-state index in [1.54, 1.807) is 0 Å². The summed E-state index contributed by atoms with van der Waals surface area (Å²) in [6.07, 6.45) is 20.7. The van der Waals surface area contributed by atoms with E-state index in [9.17, 15) is 4.79 Å². The van der Waals surface area contributed by atoms with E-state index in [1.807, 2.05) is 11.8 Å². The van der Waals surface area contributed by atoms with E-state index in [1.165, 1.54) is 69.8 Å². The Bertz CT molecular complexity index is 471. The molecule has 0 spiro atoms.